The van der Waals surface area contributed by atoms with Crippen LogP contribution in [0, 0.1) is 0 Å². The third kappa shape index (κ3) is 2.83. The fourth-order valence-corrected chi connectivity index (χ4v) is 2.27. The fourth-order valence-electron chi connectivity index (χ4n) is 2.27. The Balaban J connectivity index is 1.88. The second kappa shape index (κ2) is 4.81. The van der Waals surface area contributed by atoms with E-state index in [9.17, 15) is 0 Å². The van der Waals surface area contributed by atoms with Gasteiger partial charge in [-0.05, 0) is 37.6 Å². The molecule has 2 N–H and O–H groups in total. The standard InChI is InChI=1S/C12H21N3/c1-14-8-5-11(9-14)12(13)10-15-6-3-2-4-7-15/h5,8-9,12H,2-4,6-7,10,13H2,1H3. The first kappa shape index (κ1) is 10.7. The summed E-state index contributed by atoms with van der Waals surface area (Å²) in [6, 6.07) is 2.29. The molecule has 1 saturated heterocycles. The number of nitrogens with zero attached hydrogens (tertiary/aromatic N) is 2. The van der Waals surface area contributed by atoms with Gasteiger partial charge in [0.2, 0.25) is 0 Å². The zero-order chi connectivity index (χ0) is 10.7. The van der Waals surface area contributed by atoms with Gasteiger partial charge in [0.1, 0.15) is 0 Å². The maximum absolute atomic E-state index is 6.18. The third-order valence-electron chi connectivity index (χ3n) is 3.19. The predicted molar refractivity (Wildman–Crippen MR) is 62.6 cm³/mol. The second-order valence-corrected chi connectivity index (χ2v) is 4.58. The fraction of sp³-hybridized carbons (Fsp3) is 0.667. The predicted octanol–water partition coefficient (Wildman–Crippen LogP) is 1.51. The summed E-state index contributed by atoms with van der Waals surface area (Å²) in [5.74, 6) is 0. The van der Waals surface area contributed by atoms with Crippen molar-refractivity contribution >= 4 is 0 Å². The molecule has 1 unspecified atom stereocenters. The monoisotopic (exact) mass is 207 g/mol. The Labute approximate surface area is 91.9 Å². The van der Waals surface area contributed by atoms with Gasteiger partial charge in [-0.3, -0.25) is 0 Å². The number of likely N-dealkylation sites (tertiary alicyclic amines) is 1. The van der Waals surface area contributed by atoms with E-state index in [1.54, 1.807) is 0 Å². The van der Waals surface area contributed by atoms with Crippen LogP contribution in [0.15, 0.2) is 18.5 Å². The van der Waals surface area contributed by atoms with Gasteiger partial charge in [-0.2, -0.15) is 0 Å². The van der Waals surface area contributed by atoms with Crippen LogP contribution in [0.25, 0.3) is 0 Å². The molecule has 2 heterocycles. The lowest BCUT2D eigenvalue weighted by molar-refractivity contribution is 0.216. The number of piperidine rings is 1. The van der Waals surface area contributed by atoms with Gasteiger partial charge in [-0.25, -0.2) is 0 Å². The van der Waals surface area contributed by atoms with Crippen LogP contribution < -0.4 is 5.73 Å². The smallest absolute Gasteiger partial charge is 0.0439 e. The molecule has 84 valence electrons. The Morgan fingerprint density at radius 1 is 1.33 bits per heavy atom. The Hall–Kier alpha value is -0.800. The van der Waals surface area contributed by atoms with E-state index in [2.05, 4.69) is 27.9 Å². The summed E-state index contributed by atoms with van der Waals surface area (Å²) in [6.45, 7) is 3.45. The minimum atomic E-state index is 0.171. The van der Waals surface area contributed by atoms with Crippen molar-refractivity contribution in [3.63, 3.8) is 0 Å². The zero-order valence-corrected chi connectivity index (χ0v) is 9.52. The molecule has 0 saturated carbocycles. The van der Waals surface area contributed by atoms with E-state index in [0.29, 0.717) is 0 Å². The maximum Gasteiger partial charge on any atom is 0.0439 e. The molecular weight excluding hydrogens is 186 g/mol. The van der Waals surface area contributed by atoms with E-state index >= 15 is 0 Å². The molecule has 3 heteroatoms. The van der Waals surface area contributed by atoms with E-state index < -0.39 is 0 Å². The average Bonchev–Trinajstić information content (AvgIpc) is 2.66. The molecule has 1 aliphatic rings. The molecule has 1 aromatic rings. The molecule has 0 aromatic carbocycles. The van der Waals surface area contributed by atoms with Crippen molar-refractivity contribution in [1.29, 1.82) is 0 Å². The van der Waals surface area contributed by atoms with Crippen molar-refractivity contribution < 1.29 is 0 Å². The first-order valence-corrected chi connectivity index (χ1v) is 5.85. The van der Waals surface area contributed by atoms with Crippen molar-refractivity contribution in [3.8, 4) is 0 Å². The number of hydrogen-bond acceptors (Lipinski definition) is 2. The molecule has 0 amide bonds. The minimum Gasteiger partial charge on any atom is -0.357 e. The van der Waals surface area contributed by atoms with Gasteiger partial charge in [-0.15, -0.1) is 0 Å². The zero-order valence-electron chi connectivity index (χ0n) is 9.52. The number of rotatable bonds is 3. The highest BCUT2D eigenvalue weighted by atomic mass is 15.1. The lowest BCUT2D eigenvalue weighted by atomic mass is 10.1. The van der Waals surface area contributed by atoms with Gasteiger partial charge in [0, 0.05) is 32.0 Å². The summed E-state index contributed by atoms with van der Waals surface area (Å²) >= 11 is 0. The van der Waals surface area contributed by atoms with E-state index in [1.165, 1.54) is 37.9 Å². The van der Waals surface area contributed by atoms with E-state index in [1.807, 2.05) is 7.05 Å². The highest BCUT2D eigenvalue weighted by Crippen LogP contribution is 2.15. The summed E-state index contributed by atoms with van der Waals surface area (Å²) in [7, 11) is 2.04. The molecule has 0 bridgehead atoms. The molecule has 1 atom stereocenters. The molecule has 0 aliphatic carbocycles. The van der Waals surface area contributed by atoms with E-state index in [0.717, 1.165) is 6.54 Å². The molecule has 2 rings (SSSR count). The van der Waals surface area contributed by atoms with E-state index in [-0.39, 0.29) is 6.04 Å². The summed E-state index contributed by atoms with van der Waals surface area (Å²) in [4.78, 5) is 2.49. The van der Waals surface area contributed by atoms with Crippen LogP contribution in [0.2, 0.25) is 0 Å². The van der Waals surface area contributed by atoms with Crippen molar-refractivity contribution in [3.05, 3.63) is 24.0 Å². The average molecular weight is 207 g/mol. The van der Waals surface area contributed by atoms with Crippen LogP contribution in [0.4, 0.5) is 0 Å². The first-order chi connectivity index (χ1) is 7.25. The van der Waals surface area contributed by atoms with Crippen molar-refractivity contribution in [2.75, 3.05) is 19.6 Å². The largest absolute Gasteiger partial charge is 0.357 e. The van der Waals surface area contributed by atoms with Crippen molar-refractivity contribution in [1.82, 2.24) is 9.47 Å². The lowest BCUT2D eigenvalue weighted by Gasteiger charge is -2.28. The molecule has 0 radical (unpaired) electrons. The van der Waals surface area contributed by atoms with E-state index in [4.69, 9.17) is 5.73 Å². The topological polar surface area (TPSA) is 34.2 Å². The Kier molecular flexibility index (Phi) is 3.44. The number of aryl methyl sites for hydroxylation is 1. The van der Waals surface area contributed by atoms with Gasteiger partial charge in [-0.1, -0.05) is 6.42 Å². The van der Waals surface area contributed by atoms with Crippen molar-refractivity contribution in [2.24, 2.45) is 12.8 Å². The molecule has 3 nitrogen and oxygen atoms in total. The van der Waals surface area contributed by atoms with Gasteiger partial charge in [0.05, 0.1) is 0 Å². The third-order valence-corrected chi connectivity index (χ3v) is 3.19. The molecule has 15 heavy (non-hydrogen) atoms. The van der Waals surface area contributed by atoms with Crippen LogP contribution in [0.5, 0.6) is 0 Å². The molecule has 1 aromatic heterocycles. The normalized spacial score (nSPS) is 20.4. The van der Waals surface area contributed by atoms with Crippen LogP contribution in [0.3, 0.4) is 0 Å². The van der Waals surface area contributed by atoms with Gasteiger partial charge >= 0.3 is 0 Å². The number of hydrogen-bond donors (Lipinski definition) is 1. The second-order valence-electron chi connectivity index (χ2n) is 4.58. The highest BCUT2D eigenvalue weighted by Gasteiger charge is 2.15. The number of nitrogens with two attached hydrogens (primary N) is 1. The molecule has 0 spiro atoms. The summed E-state index contributed by atoms with van der Waals surface area (Å²) in [5, 5.41) is 0. The maximum atomic E-state index is 6.18. The highest BCUT2D eigenvalue weighted by molar-refractivity contribution is 5.15. The SMILES string of the molecule is Cn1ccc(C(N)CN2CCCCC2)c1. The lowest BCUT2D eigenvalue weighted by Crippen LogP contribution is -2.35. The van der Waals surface area contributed by atoms with Crippen molar-refractivity contribution in [2.45, 2.75) is 25.3 Å². The van der Waals surface area contributed by atoms with Crippen LogP contribution in [0.1, 0.15) is 30.9 Å². The Morgan fingerprint density at radius 2 is 2.07 bits per heavy atom. The first-order valence-electron chi connectivity index (χ1n) is 5.85. The minimum absolute atomic E-state index is 0.171. The molecule has 1 aliphatic heterocycles. The summed E-state index contributed by atoms with van der Waals surface area (Å²) < 4.78 is 2.06. The van der Waals surface area contributed by atoms with Gasteiger partial charge in [0.25, 0.3) is 0 Å². The summed E-state index contributed by atoms with van der Waals surface area (Å²) in [5.41, 5.74) is 7.44. The van der Waals surface area contributed by atoms with Gasteiger partial charge < -0.3 is 15.2 Å². The molecular formula is C12H21N3. The Morgan fingerprint density at radius 3 is 2.67 bits per heavy atom. The van der Waals surface area contributed by atoms with Crippen LogP contribution in [-0.4, -0.2) is 29.1 Å². The van der Waals surface area contributed by atoms with Gasteiger partial charge in [0.15, 0.2) is 0 Å². The number of aromatic nitrogens is 1. The Bertz CT molecular complexity index is 300. The quantitative estimate of drug-likeness (QED) is 0.815. The van der Waals surface area contributed by atoms with Crippen LogP contribution >= 0.6 is 0 Å². The summed E-state index contributed by atoms with van der Waals surface area (Å²) in [6.07, 6.45) is 8.24. The molecule has 1 fully saturated rings. The van der Waals surface area contributed by atoms with Crippen LogP contribution in [-0.2, 0) is 7.05 Å².